The van der Waals surface area contributed by atoms with Crippen molar-refractivity contribution in [2.75, 3.05) is 7.05 Å². The number of nitrogens with zero attached hydrogens (tertiary/aromatic N) is 3. The average molecular weight is 196 g/mol. The van der Waals surface area contributed by atoms with Crippen LogP contribution < -0.4 is 0 Å². The van der Waals surface area contributed by atoms with Crippen molar-refractivity contribution in [3.05, 3.63) is 11.9 Å². The Morgan fingerprint density at radius 1 is 1.57 bits per heavy atom. The molecular formula is C9H16N4O. The van der Waals surface area contributed by atoms with Crippen LogP contribution in [0.2, 0.25) is 0 Å². The smallest absolute Gasteiger partial charge is 0.276 e. The summed E-state index contributed by atoms with van der Waals surface area (Å²) in [5.41, 5.74) is 0.374. The molecule has 5 nitrogen and oxygen atoms in total. The molecule has 0 aliphatic heterocycles. The van der Waals surface area contributed by atoms with Crippen molar-refractivity contribution in [1.29, 1.82) is 0 Å². The molecule has 14 heavy (non-hydrogen) atoms. The minimum atomic E-state index is -0.0764. The maximum Gasteiger partial charge on any atom is 0.276 e. The van der Waals surface area contributed by atoms with E-state index in [1.165, 1.54) is 6.20 Å². The van der Waals surface area contributed by atoms with Crippen LogP contribution in [0.1, 0.15) is 37.2 Å². The van der Waals surface area contributed by atoms with Crippen LogP contribution in [0.3, 0.4) is 0 Å². The first-order valence-corrected chi connectivity index (χ1v) is 4.83. The lowest BCUT2D eigenvalue weighted by atomic mass is 10.1. The fraction of sp³-hybridized carbons (Fsp3) is 0.667. The van der Waals surface area contributed by atoms with E-state index in [2.05, 4.69) is 29.3 Å². The van der Waals surface area contributed by atoms with Gasteiger partial charge >= 0.3 is 0 Å². The SMILES string of the molecule is CCC(CC)N(C)C(=O)c1cn[nH]n1. The maximum absolute atomic E-state index is 11.8. The molecule has 1 aromatic rings. The van der Waals surface area contributed by atoms with Crippen molar-refractivity contribution in [2.45, 2.75) is 32.7 Å². The number of carbonyl (C=O) groups excluding carboxylic acids is 1. The Bertz CT molecular complexity index is 279. The van der Waals surface area contributed by atoms with Gasteiger partial charge in [-0.05, 0) is 12.8 Å². The van der Waals surface area contributed by atoms with E-state index >= 15 is 0 Å². The van der Waals surface area contributed by atoms with Gasteiger partial charge in [-0.3, -0.25) is 4.79 Å². The van der Waals surface area contributed by atoms with Crippen LogP contribution in [0.25, 0.3) is 0 Å². The number of aromatic nitrogens is 3. The first kappa shape index (κ1) is 10.7. The van der Waals surface area contributed by atoms with Crippen molar-refractivity contribution in [3.8, 4) is 0 Å². The third-order valence-electron chi connectivity index (χ3n) is 2.44. The topological polar surface area (TPSA) is 61.9 Å². The molecule has 0 aliphatic carbocycles. The van der Waals surface area contributed by atoms with Gasteiger partial charge in [0.1, 0.15) is 0 Å². The lowest BCUT2D eigenvalue weighted by Gasteiger charge is -2.25. The highest BCUT2D eigenvalue weighted by Gasteiger charge is 2.19. The minimum Gasteiger partial charge on any atom is -0.337 e. The zero-order valence-corrected chi connectivity index (χ0v) is 8.82. The molecule has 78 valence electrons. The third-order valence-corrected chi connectivity index (χ3v) is 2.44. The Kier molecular flexibility index (Phi) is 3.62. The summed E-state index contributed by atoms with van der Waals surface area (Å²) in [6.07, 6.45) is 3.36. The Morgan fingerprint density at radius 3 is 2.64 bits per heavy atom. The first-order chi connectivity index (χ1) is 6.70. The van der Waals surface area contributed by atoms with E-state index < -0.39 is 0 Å². The summed E-state index contributed by atoms with van der Waals surface area (Å²) in [7, 11) is 1.80. The van der Waals surface area contributed by atoms with Crippen LogP contribution in [0.4, 0.5) is 0 Å². The molecule has 0 unspecified atom stereocenters. The minimum absolute atomic E-state index is 0.0764. The first-order valence-electron chi connectivity index (χ1n) is 4.83. The maximum atomic E-state index is 11.8. The average Bonchev–Trinajstić information content (AvgIpc) is 2.71. The van der Waals surface area contributed by atoms with Crippen LogP contribution in [-0.4, -0.2) is 39.3 Å². The monoisotopic (exact) mass is 196 g/mol. The third kappa shape index (κ3) is 2.10. The molecule has 0 aliphatic rings. The number of rotatable bonds is 4. The van der Waals surface area contributed by atoms with Gasteiger partial charge in [0, 0.05) is 13.1 Å². The lowest BCUT2D eigenvalue weighted by molar-refractivity contribution is 0.0717. The summed E-state index contributed by atoms with van der Waals surface area (Å²) < 4.78 is 0. The molecule has 0 saturated heterocycles. The summed E-state index contributed by atoms with van der Waals surface area (Å²) in [5.74, 6) is -0.0764. The Balaban J connectivity index is 2.69. The van der Waals surface area contributed by atoms with Crippen molar-refractivity contribution in [1.82, 2.24) is 20.3 Å². The molecule has 0 bridgehead atoms. The van der Waals surface area contributed by atoms with E-state index in [1.807, 2.05) is 0 Å². The summed E-state index contributed by atoms with van der Waals surface area (Å²) in [5, 5.41) is 9.81. The number of hydrogen-bond acceptors (Lipinski definition) is 3. The van der Waals surface area contributed by atoms with Crippen LogP contribution in [0.5, 0.6) is 0 Å². The highest BCUT2D eigenvalue weighted by atomic mass is 16.2. The second kappa shape index (κ2) is 4.74. The number of aromatic amines is 1. The quantitative estimate of drug-likeness (QED) is 0.783. The molecule has 1 aromatic heterocycles. The molecule has 0 fully saturated rings. The highest BCUT2D eigenvalue weighted by Crippen LogP contribution is 2.08. The predicted molar refractivity (Wildman–Crippen MR) is 52.8 cm³/mol. The largest absolute Gasteiger partial charge is 0.337 e. The molecule has 1 heterocycles. The van der Waals surface area contributed by atoms with Crippen LogP contribution in [0, 0.1) is 0 Å². The van der Waals surface area contributed by atoms with Gasteiger partial charge in [-0.1, -0.05) is 13.8 Å². The lowest BCUT2D eigenvalue weighted by Crippen LogP contribution is -2.36. The second-order valence-corrected chi connectivity index (χ2v) is 3.24. The molecule has 1 N–H and O–H groups in total. The van der Waals surface area contributed by atoms with Gasteiger partial charge in [-0.2, -0.15) is 15.4 Å². The fourth-order valence-corrected chi connectivity index (χ4v) is 1.49. The Hall–Kier alpha value is -1.39. The molecular weight excluding hydrogens is 180 g/mol. The van der Waals surface area contributed by atoms with Gasteiger partial charge in [-0.15, -0.1) is 0 Å². The van der Waals surface area contributed by atoms with Gasteiger partial charge in [0.05, 0.1) is 6.20 Å². The normalized spacial score (nSPS) is 10.6. The number of hydrogen-bond donors (Lipinski definition) is 1. The Labute approximate surface area is 83.5 Å². The van der Waals surface area contributed by atoms with Crippen molar-refractivity contribution in [2.24, 2.45) is 0 Å². The summed E-state index contributed by atoms with van der Waals surface area (Å²) in [6.45, 7) is 4.14. The zero-order chi connectivity index (χ0) is 10.6. The number of amides is 1. The molecule has 0 atom stereocenters. The number of nitrogens with one attached hydrogen (secondary N) is 1. The van der Waals surface area contributed by atoms with Crippen LogP contribution in [0.15, 0.2) is 6.20 Å². The second-order valence-electron chi connectivity index (χ2n) is 3.24. The van der Waals surface area contributed by atoms with E-state index in [1.54, 1.807) is 11.9 Å². The number of carbonyl (C=O) groups is 1. The van der Waals surface area contributed by atoms with Gasteiger partial charge in [0.2, 0.25) is 0 Å². The number of H-pyrrole nitrogens is 1. The molecule has 0 radical (unpaired) electrons. The van der Waals surface area contributed by atoms with Gasteiger partial charge in [0.15, 0.2) is 5.69 Å². The van der Waals surface area contributed by atoms with Crippen LogP contribution >= 0.6 is 0 Å². The Morgan fingerprint density at radius 2 is 2.21 bits per heavy atom. The molecule has 1 rings (SSSR count). The highest BCUT2D eigenvalue weighted by molar-refractivity contribution is 5.91. The van der Waals surface area contributed by atoms with E-state index in [9.17, 15) is 4.79 Å². The van der Waals surface area contributed by atoms with E-state index in [0.29, 0.717) is 5.69 Å². The molecule has 1 amide bonds. The predicted octanol–water partition coefficient (Wildman–Crippen LogP) is 1.07. The van der Waals surface area contributed by atoms with Gasteiger partial charge < -0.3 is 4.90 Å². The van der Waals surface area contributed by atoms with Crippen molar-refractivity contribution >= 4 is 5.91 Å². The fourth-order valence-electron chi connectivity index (χ4n) is 1.49. The molecule has 5 heteroatoms. The van der Waals surface area contributed by atoms with Gasteiger partial charge in [-0.25, -0.2) is 0 Å². The van der Waals surface area contributed by atoms with Gasteiger partial charge in [0.25, 0.3) is 5.91 Å². The van der Waals surface area contributed by atoms with Crippen LogP contribution in [-0.2, 0) is 0 Å². The standard InChI is InChI=1S/C9H16N4O/c1-4-7(5-2)13(3)9(14)8-6-10-12-11-8/h6-7H,4-5H2,1-3H3,(H,10,11,12). The molecule has 0 saturated carbocycles. The zero-order valence-electron chi connectivity index (χ0n) is 8.82. The van der Waals surface area contributed by atoms with Crippen molar-refractivity contribution in [3.63, 3.8) is 0 Å². The summed E-state index contributed by atoms with van der Waals surface area (Å²) in [6, 6.07) is 0.277. The summed E-state index contributed by atoms with van der Waals surface area (Å²) in [4.78, 5) is 13.5. The molecule has 0 aromatic carbocycles. The van der Waals surface area contributed by atoms with E-state index in [-0.39, 0.29) is 11.9 Å². The van der Waals surface area contributed by atoms with Crippen molar-refractivity contribution < 1.29 is 4.79 Å². The van der Waals surface area contributed by atoms with E-state index in [0.717, 1.165) is 12.8 Å². The van der Waals surface area contributed by atoms with E-state index in [4.69, 9.17) is 0 Å². The summed E-state index contributed by atoms with van der Waals surface area (Å²) >= 11 is 0. The molecule has 0 spiro atoms.